The van der Waals surface area contributed by atoms with Crippen LogP contribution in [0.5, 0.6) is 0 Å². The van der Waals surface area contributed by atoms with Crippen LogP contribution < -0.4 is 5.32 Å². The molecular formula is C18H16BrFN2O2. The van der Waals surface area contributed by atoms with Gasteiger partial charge in [-0.1, -0.05) is 46.3 Å². The molecule has 6 heteroatoms. The van der Waals surface area contributed by atoms with Crippen molar-refractivity contribution < 1.29 is 14.0 Å². The normalized spacial score (nSPS) is 20.4. The Morgan fingerprint density at radius 2 is 1.92 bits per heavy atom. The van der Waals surface area contributed by atoms with Gasteiger partial charge in [0.05, 0.1) is 6.54 Å². The molecule has 0 aliphatic carbocycles. The number of amides is 3. The molecule has 1 aliphatic rings. The summed E-state index contributed by atoms with van der Waals surface area (Å²) in [5, 5.41) is 2.79. The number of halogens is 2. The van der Waals surface area contributed by atoms with Gasteiger partial charge in [0.2, 0.25) is 0 Å². The fourth-order valence-electron chi connectivity index (χ4n) is 2.98. The van der Waals surface area contributed by atoms with E-state index in [1.807, 2.05) is 31.2 Å². The van der Waals surface area contributed by atoms with Crippen LogP contribution in [-0.4, -0.2) is 16.8 Å². The molecule has 1 saturated heterocycles. The van der Waals surface area contributed by atoms with Gasteiger partial charge >= 0.3 is 6.03 Å². The summed E-state index contributed by atoms with van der Waals surface area (Å²) in [5.41, 5.74) is 1.26. The predicted molar refractivity (Wildman–Crippen MR) is 91.7 cm³/mol. The minimum atomic E-state index is -1.10. The van der Waals surface area contributed by atoms with E-state index in [0.717, 1.165) is 16.0 Å². The lowest BCUT2D eigenvalue weighted by Crippen LogP contribution is -2.41. The van der Waals surface area contributed by atoms with Crippen molar-refractivity contribution in [2.45, 2.75) is 25.9 Å². The van der Waals surface area contributed by atoms with Crippen LogP contribution in [-0.2, 0) is 16.9 Å². The average Bonchev–Trinajstić information content (AvgIpc) is 2.74. The Morgan fingerprint density at radius 1 is 1.21 bits per heavy atom. The van der Waals surface area contributed by atoms with Crippen molar-refractivity contribution in [1.82, 2.24) is 10.2 Å². The highest BCUT2D eigenvalue weighted by atomic mass is 79.9. The molecule has 2 aromatic carbocycles. The van der Waals surface area contributed by atoms with Crippen LogP contribution in [0.4, 0.5) is 9.18 Å². The summed E-state index contributed by atoms with van der Waals surface area (Å²) in [6.07, 6.45) is 0. The summed E-state index contributed by atoms with van der Waals surface area (Å²) >= 11 is 3.27. The van der Waals surface area contributed by atoms with Crippen molar-refractivity contribution in [2.24, 2.45) is 0 Å². The van der Waals surface area contributed by atoms with Gasteiger partial charge in [0.15, 0.2) is 0 Å². The van der Waals surface area contributed by atoms with Crippen molar-refractivity contribution in [3.8, 4) is 0 Å². The number of rotatable bonds is 3. The van der Waals surface area contributed by atoms with Crippen LogP contribution in [0.3, 0.4) is 0 Å². The van der Waals surface area contributed by atoms with Gasteiger partial charge in [-0.15, -0.1) is 0 Å². The SMILES string of the molecule is Cc1ccccc1C1(C)NC(=O)N(Cc2ccc(F)cc2Br)C1=O. The Hall–Kier alpha value is -2.21. The minimum Gasteiger partial charge on any atom is -0.319 e. The van der Waals surface area contributed by atoms with Gasteiger partial charge in [0.25, 0.3) is 5.91 Å². The number of imide groups is 1. The molecule has 1 unspecified atom stereocenters. The Bertz CT molecular complexity index is 840. The third-order valence-corrected chi connectivity index (χ3v) is 5.04. The first-order chi connectivity index (χ1) is 11.3. The van der Waals surface area contributed by atoms with Crippen LogP contribution in [0.2, 0.25) is 0 Å². The lowest BCUT2D eigenvalue weighted by atomic mass is 9.88. The van der Waals surface area contributed by atoms with E-state index in [1.54, 1.807) is 13.0 Å². The van der Waals surface area contributed by atoms with E-state index < -0.39 is 11.6 Å². The topological polar surface area (TPSA) is 49.4 Å². The smallest absolute Gasteiger partial charge is 0.319 e. The highest BCUT2D eigenvalue weighted by molar-refractivity contribution is 9.10. The molecule has 1 fully saturated rings. The zero-order chi connectivity index (χ0) is 17.5. The van der Waals surface area contributed by atoms with E-state index in [9.17, 15) is 14.0 Å². The lowest BCUT2D eigenvalue weighted by Gasteiger charge is -2.24. The molecule has 1 heterocycles. The zero-order valence-corrected chi connectivity index (χ0v) is 14.9. The molecule has 0 saturated carbocycles. The van der Waals surface area contributed by atoms with Crippen molar-refractivity contribution in [1.29, 1.82) is 0 Å². The standard InChI is InChI=1S/C18H16BrFN2O2/c1-11-5-3-4-6-14(11)18(2)16(23)22(17(24)21-18)10-12-7-8-13(20)9-15(12)19/h3-9H,10H2,1-2H3,(H,21,24). The highest BCUT2D eigenvalue weighted by Gasteiger charge is 2.49. The molecule has 0 bridgehead atoms. The third kappa shape index (κ3) is 2.71. The van der Waals surface area contributed by atoms with Gasteiger partial charge in [0, 0.05) is 4.47 Å². The number of aryl methyl sites for hydroxylation is 1. The average molecular weight is 391 g/mol. The van der Waals surface area contributed by atoms with Crippen LogP contribution in [0.25, 0.3) is 0 Å². The van der Waals surface area contributed by atoms with Gasteiger partial charge in [0.1, 0.15) is 11.4 Å². The van der Waals surface area contributed by atoms with E-state index in [2.05, 4.69) is 21.2 Å². The second-order valence-corrected chi connectivity index (χ2v) is 6.85. The van der Waals surface area contributed by atoms with Crippen LogP contribution in [0.1, 0.15) is 23.6 Å². The van der Waals surface area contributed by atoms with E-state index in [1.165, 1.54) is 12.1 Å². The number of hydrogen-bond acceptors (Lipinski definition) is 2. The Balaban J connectivity index is 1.93. The van der Waals surface area contributed by atoms with Gasteiger partial charge in [-0.25, -0.2) is 9.18 Å². The summed E-state index contributed by atoms with van der Waals surface area (Å²) in [6, 6.07) is 11.2. The van der Waals surface area contributed by atoms with Gasteiger partial charge in [-0.05, 0) is 42.7 Å². The van der Waals surface area contributed by atoms with Crippen LogP contribution in [0, 0.1) is 12.7 Å². The quantitative estimate of drug-likeness (QED) is 0.808. The van der Waals surface area contributed by atoms with Gasteiger partial charge in [-0.2, -0.15) is 0 Å². The number of nitrogens with zero attached hydrogens (tertiary/aromatic N) is 1. The van der Waals surface area contributed by atoms with E-state index in [4.69, 9.17) is 0 Å². The molecule has 3 rings (SSSR count). The number of carbonyl (C=O) groups excluding carboxylic acids is 2. The molecule has 24 heavy (non-hydrogen) atoms. The molecular weight excluding hydrogens is 375 g/mol. The first-order valence-electron chi connectivity index (χ1n) is 7.47. The summed E-state index contributed by atoms with van der Waals surface area (Å²) in [6.45, 7) is 3.68. The number of nitrogens with one attached hydrogen (secondary N) is 1. The Kier molecular flexibility index (Phi) is 4.17. The molecule has 2 aromatic rings. The lowest BCUT2D eigenvalue weighted by molar-refractivity contribution is -0.131. The summed E-state index contributed by atoms with van der Waals surface area (Å²) in [4.78, 5) is 26.5. The highest BCUT2D eigenvalue weighted by Crippen LogP contribution is 2.32. The number of urea groups is 1. The van der Waals surface area contributed by atoms with Gasteiger partial charge < -0.3 is 5.32 Å². The predicted octanol–water partition coefficient (Wildman–Crippen LogP) is 3.86. The molecule has 0 aromatic heterocycles. The Labute approximate surface area is 147 Å². The molecule has 4 nitrogen and oxygen atoms in total. The van der Waals surface area contributed by atoms with Crippen LogP contribution >= 0.6 is 15.9 Å². The largest absolute Gasteiger partial charge is 0.325 e. The third-order valence-electron chi connectivity index (χ3n) is 4.30. The molecule has 124 valence electrons. The summed E-state index contributed by atoms with van der Waals surface area (Å²) in [5.74, 6) is -0.703. The second kappa shape index (κ2) is 6.02. The first-order valence-corrected chi connectivity index (χ1v) is 8.26. The number of hydrogen-bond donors (Lipinski definition) is 1. The maximum Gasteiger partial charge on any atom is 0.325 e. The molecule has 1 N–H and O–H groups in total. The van der Waals surface area contributed by atoms with Crippen molar-refractivity contribution in [3.05, 3.63) is 69.4 Å². The fraction of sp³-hybridized carbons (Fsp3) is 0.222. The zero-order valence-electron chi connectivity index (χ0n) is 13.3. The summed E-state index contributed by atoms with van der Waals surface area (Å²) < 4.78 is 13.7. The maximum absolute atomic E-state index is 13.2. The molecule has 0 spiro atoms. The second-order valence-electron chi connectivity index (χ2n) is 6.00. The fourth-order valence-corrected chi connectivity index (χ4v) is 3.45. The summed E-state index contributed by atoms with van der Waals surface area (Å²) in [7, 11) is 0. The first kappa shape index (κ1) is 16.6. The van der Waals surface area contributed by atoms with Gasteiger partial charge in [-0.3, -0.25) is 9.69 Å². The number of benzene rings is 2. The van der Waals surface area contributed by atoms with Crippen molar-refractivity contribution in [3.63, 3.8) is 0 Å². The molecule has 1 aliphatic heterocycles. The Morgan fingerprint density at radius 3 is 2.58 bits per heavy atom. The molecule has 0 radical (unpaired) electrons. The van der Waals surface area contributed by atoms with Crippen LogP contribution in [0.15, 0.2) is 46.9 Å². The monoisotopic (exact) mass is 390 g/mol. The van der Waals surface area contributed by atoms with E-state index >= 15 is 0 Å². The van der Waals surface area contributed by atoms with E-state index in [0.29, 0.717) is 10.0 Å². The minimum absolute atomic E-state index is 0.0764. The molecule has 1 atom stereocenters. The maximum atomic E-state index is 13.2. The van der Waals surface area contributed by atoms with Crippen molar-refractivity contribution >= 4 is 27.9 Å². The van der Waals surface area contributed by atoms with Crippen molar-refractivity contribution in [2.75, 3.05) is 0 Å². The number of carbonyl (C=O) groups is 2. The molecule has 3 amide bonds. The van der Waals surface area contributed by atoms with E-state index in [-0.39, 0.29) is 18.3 Å².